The van der Waals surface area contributed by atoms with Gasteiger partial charge in [-0.3, -0.25) is 4.55 Å². The molecule has 2 aromatic carbocycles. The van der Waals surface area contributed by atoms with E-state index in [1.807, 2.05) is 12.1 Å². The van der Waals surface area contributed by atoms with Crippen LogP contribution in [-0.4, -0.2) is 20.0 Å². The minimum atomic E-state index is -4.13. The van der Waals surface area contributed by atoms with Crippen LogP contribution in [0.2, 0.25) is 0 Å². The molecule has 0 aromatic heterocycles. The van der Waals surface area contributed by atoms with Gasteiger partial charge >= 0.3 is 0 Å². The summed E-state index contributed by atoms with van der Waals surface area (Å²) in [5, 5.41) is 4.70. The van der Waals surface area contributed by atoms with Gasteiger partial charge in [-0.2, -0.15) is 8.42 Å². The maximum atomic E-state index is 11.0. The molecular formula is C11H11NO3S. The average Bonchev–Trinajstić information content (AvgIpc) is 2.26. The van der Waals surface area contributed by atoms with Crippen molar-refractivity contribution >= 4 is 26.6 Å². The predicted molar refractivity (Wildman–Crippen MR) is 63.3 cm³/mol. The molecule has 0 saturated carbocycles. The van der Waals surface area contributed by atoms with Crippen LogP contribution in [0.1, 0.15) is 0 Å². The lowest BCUT2D eigenvalue weighted by Crippen LogP contribution is -1.98. The molecule has 0 heterocycles. The summed E-state index contributed by atoms with van der Waals surface area (Å²) in [5.41, 5.74) is 0.916. The molecule has 16 heavy (non-hydrogen) atoms. The van der Waals surface area contributed by atoms with E-state index in [1.165, 1.54) is 12.1 Å². The summed E-state index contributed by atoms with van der Waals surface area (Å²) in [7, 11) is -2.34. The van der Waals surface area contributed by atoms with Crippen molar-refractivity contribution in [3.63, 3.8) is 0 Å². The molecule has 0 spiro atoms. The van der Waals surface area contributed by atoms with Crippen molar-refractivity contribution in [3.05, 3.63) is 36.4 Å². The molecule has 2 N–H and O–H groups in total. The van der Waals surface area contributed by atoms with Crippen LogP contribution in [0.4, 0.5) is 5.69 Å². The van der Waals surface area contributed by atoms with E-state index >= 15 is 0 Å². The number of fused-ring (bicyclic) bond motifs is 1. The zero-order chi connectivity index (χ0) is 11.8. The molecule has 5 heteroatoms. The van der Waals surface area contributed by atoms with Gasteiger partial charge in [0.2, 0.25) is 0 Å². The molecule has 84 valence electrons. The van der Waals surface area contributed by atoms with E-state index in [-0.39, 0.29) is 4.90 Å². The molecule has 0 amide bonds. The molecule has 0 saturated heterocycles. The first-order valence-electron chi connectivity index (χ1n) is 4.70. The van der Waals surface area contributed by atoms with Gasteiger partial charge in [-0.15, -0.1) is 0 Å². The number of anilines is 1. The molecule has 0 unspecified atom stereocenters. The van der Waals surface area contributed by atoms with Crippen LogP contribution in [0.25, 0.3) is 10.8 Å². The van der Waals surface area contributed by atoms with Gasteiger partial charge in [-0.1, -0.05) is 18.2 Å². The average molecular weight is 237 g/mol. The topological polar surface area (TPSA) is 66.4 Å². The molecule has 0 aliphatic heterocycles. The Morgan fingerprint density at radius 1 is 1.19 bits per heavy atom. The lowest BCUT2D eigenvalue weighted by molar-refractivity contribution is 0.483. The summed E-state index contributed by atoms with van der Waals surface area (Å²) in [6, 6.07) is 10.0. The Balaban J connectivity index is 2.74. The second-order valence-corrected chi connectivity index (χ2v) is 4.84. The Labute approximate surface area is 93.7 Å². The van der Waals surface area contributed by atoms with Crippen molar-refractivity contribution in [3.8, 4) is 0 Å². The summed E-state index contributed by atoms with van der Waals surface area (Å²) in [6.07, 6.45) is 0. The SMILES string of the molecule is CNc1cccc2cc(S(=O)(=O)O)ccc12. The minimum absolute atomic E-state index is 0.0896. The van der Waals surface area contributed by atoms with E-state index in [4.69, 9.17) is 4.55 Å². The number of nitrogens with one attached hydrogen (secondary N) is 1. The van der Waals surface area contributed by atoms with Crippen molar-refractivity contribution < 1.29 is 13.0 Å². The van der Waals surface area contributed by atoms with Gasteiger partial charge in [0.15, 0.2) is 0 Å². The summed E-state index contributed by atoms with van der Waals surface area (Å²) in [4.78, 5) is -0.0896. The van der Waals surface area contributed by atoms with Crippen molar-refractivity contribution in [1.82, 2.24) is 0 Å². The first-order valence-corrected chi connectivity index (χ1v) is 6.14. The molecular weight excluding hydrogens is 226 g/mol. The molecule has 2 aromatic rings. The Kier molecular flexibility index (Phi) is 2.57. The van der Waals surface area contributed by atoms with Gasteiger partial charge in [-0.05, 0) is 23.6 Å². The molecule has 0 atom stereocenters. The van der Waals surface area contributed by atoms with Crippen LogP contribution < -0.4 is 5.32 Å². The third-order valence-electron chi connectivity index (χ3n) is 2.42. The highest BCUT2D eigenvalue weighted by Crippen LogP contribution is 2.25. The molecule has 0 aliphatic rings. The van der Waals surface area contributed by atoms with Gasteiger partial charge in [0.05, 0.1) is 4.90 Å². The molecule has 0 aliphatic carbocycles. The summed E-state index contributed by atoms with van der Waals surface area (Å²) in [6.45, 7) is 0. The zero-order valence-corrected chi connectivity index (χ0v) is 9.45. The van der Waals surface area contributed by atoms with Crippen LogP contribution >= 0.6 is 0 Å². The largest absolute Gasteiger partial charge is 0.388 e. The van der Waals surface area contributed by atoms with Crippen LogP contribution in [0.3, 0.4) is 0 Å². The second-order valence-electron chi connectivity index (χ2n) is 3.41. The minimum Gasteiger partial charge on any atom is -0.388 e. The van der Waals surface area contributed by atoms with Crippen LogP contribution in [0.5, 0.6) is 0 Å². The number of hydrogen-bond acceptors (Lipinski definition) is 3. The number of benzene rings is 2. The van der Waals surface area contributed by atoms with Crippen LogP contribution in [0, 0.1) is 0 Å². The summed E-state index contributed by atoms with van der Waals surface area (Å²) < 4.78 is 30.9. The van der Waals surface area contributed by atoms with Gasteiger partial charge in [0.25, 0.3) is 10.1 Å². The van der Waals surface area contributed by atoms with Crippen molar-refractivity contribution in [2.24, 2.45) is 0 Å². The van der Waals surface area contributed by atoms with Crippen molar-refractivity contribution in [1.29, 1.82) is 0 Å². The smallest absolute Gasteiger partial charge is 0.294 e. The Hall–Kier alpha value is -1.59. The Morgan fingerprint density at radius 2 is 1.94 bits per heavy atom. The van der Waals surface area contributed by atoms with Crippen LogP contribution in [0.15, 0.2) is 41.3 Å². The van der Waals surface area contributed by atoms with E-state index in [0.717, 1.165) is 16.5 Å². The first kappa shape index (κ1) is 10.9. The Morgan fingerprint density at radius 3 is 2.56 bits per heavy atom. The standard InChI is InChI=1S/C11H11NO3S/c1-12-11-4-2-3-8-7-9(16(13,14)15)5-6-10(8)11/h2-7,12H,1H3,(H,13,14,15). The third-order valence-corrected chi connectivity index (χ3v) is 3.27. The monoisotopic (exact) mass is 237 g/mol. The quantitative estimate of drug-likeness (QED) is 0.785. The van der Waals surface area contributed by atoms with E-state index in [2.05, 4.69) is 5.32 Å². The molecule has 0 bridgehead atoms. The molecule has 4 nitrogen and oxygen atoms in total. The van der Waals surface area contributed by atoms with Gasteiger partial charge in [0.1, 0.15) is 0 Å². The highest BCUT2D eigenvalue weighted by molar-refractivity contribution is 7.85. The number of hydrogen-bond donors (Lipinski definition) is 2. The van der Waals surface area contributed by atoms with Crippen LogP contribution in [-0.2, 0) is 10.1 Å². The van der Waals surface area contributed by atoms with E-state index < -0.39 is 10.1 Å². The first-order chi connectivity index (χ1) is 7.52. The summed E-state index contributed by atoms with van der Waals surface area (Å²) in [5.74, 6) is 0. The maximum Gasteiger partial charge on any atom is 0.294 e. The lowest BCUT2D eigenvalue weighted by Gasteiger charge is -2.06. The lowest BCUT2D eigenvalue weighted by atomic mass is 10.1. The maximum absolute atomic E-state index is 11.0. The fraction of sp³-hybridized carbons (Fsp3) is 0.0909. The van der Waals surface area contributed by atoms with Gasteiger partial charge in [-0.25, -0.2) is 0 Å². The number of rotatable bonds is 2. The third kappa shape index (κ3) is 1.87. The highest BCUT2D eigenvalue weighted by Gasteiger charge is 2.10. The Bertz CT molecular complexity index is 635. The fourth-order valence-electron chi connectivity index (χ4n) is 1.64. The highest BCUT2D eigenvalue weighted by atomic mass is 32.2. The zero-order valence-electron chi connectivity index (χ0n) is 8.64. The molecule has 0 radical (unpaired) electrons. The van der Waals surface area contributed by atoms with E-state index in [1.54, 1.807) is 19.2 Å². The van der Waals surface area contributed by atoms with E-state index in [9.17, 15) is 8.42 Å². The predicted octanol–water partition coefficient (Wildman–Crippen LogP) is 2.13. The molecule has 2 rings (SSSR count). The van der Waals surface area contributed by atoms with Gasteiger partial charge < -0.3 is 5.32 Å². The summed E-state index contributed by atoms with van der Waals surface area (Å²) >= 11 is 0. The van der Waals surface area contributed by atoms with Crippen molar-refractivity contribution in [2.75, 3.05) is 12.4 Å². The van der Waals surface area contributed by atoms with E-state index in [0.29, 0.717) is 0 Å². The fourth-order valence-corrected chi connectivity index (χ4v) is 2.16. The van der Waals surface area contributed by atoms with Gasteiger partial charge in [0, 0.05) is 18.1 Å². The molecule has 0 fully saturated rings. The second kappa shape index (κ2) is 3.77. The van der Waals surface area contributed by atoms with Crippen molar-refractivity contribution in [2.45, 2.75) is 4.90 Å². The normalized spacial score (nSPS) is 11.6.